The number of esters is 3. The van der Waals surface area contributed by atoms with Crippen LogP contribution < -0.4 is 0 Å². The van der Waals surface area contributed by atoms with Crippen LogP contribution in [-0.4, -0.2) is 23.5 Å². The van der Waals surface area contributed by atoms with Gasteiger partial charge in [-0.3, -0.25) is 14.4 Å². The van der Waals surface area contributed by atoms with E-state index in [4.69, 9.17) is 14.2 Å². The number of benzene rings is 2. The zero-order valence-electron chi connectivity index (χ0n) is 22.0. The normalized spacial score (nSPS) is 13.8. The number of ether oxygens (including phenoxy) is 3. The van der Waals surface area contributed by atoms with E-state index in [1.54, 1.807) is 20.8 Å². The van der Waals surface area contributed by atoms with E-state index < -0.39 is 34.8 Å². The first-order chi connectivity index (χ1) is 17.0. The monoisotopic (exact) mass is 494 g/mol. The molecule has 0 saturated carbocycles. The SMILES string of the molecule is C=CCC(C(=O)OCc1ccccc1)(C(=O)OC(C)(C)C)[C@@H](CC(C)C)C(=O)OCc1ccccc1. The highest BCUT2D eigenvalue weighted by Crippen LogP contribution is 2.41. The molecule has 0 aliphatic heterocycles. The molecule has 0 N–H and O–H groups in total. The van der Waals surface area contributed by atoms with E-state index in [0.717, 1.165) is 11.1 Å². The molecule has 194 valence electrons. The van der Waals surface area contributed by atoms with Crippen LogP contribution in [0.3, 0.4) is 0 Å². The molecule has 0 aliphatic carbocycles. The van der Waals surface area contributed by atoms with Gasteiger partial charge in [-0.15, -0.1) is 6.58 Å². The molecule has 0 spiro atoms. The summed E-state index contributed by atoms with van der Waals surface area (Å²) in [6.45, 7) is 12.7. The van der Waals surface area contributed by atoms with Crippen molar-refractivity contribution in [2.45, 2.75) is 66.3 Å². The van der Waals surface area contributed by atoms with Gasteiger partial charge in [0.15, 0.2) is 5.41 Å². The molecule has 0 amide bonds. The van der Waals surface area contributed by atoms with Crippen molar-refractivity contribution in [2.75, 3.05) is 0 Å². The van der Waals surface area contributed by atoms with E-state index in [9.17, 15) is 14.4 Å². The van der Waals surface area contributed by atoms with E-state index in [2.05, 4.69) is 6.58 Å². The van der Waals surface area contributed by atoms with Crippen molar-refractivity contribution in [3.05, 3.63) is 84.4 Å². The third-order valence-corrected chi connectivity index (χ3v) is 5.62. The van der Waals surface area contributed by atoms with Crippen LogP contribution >= 0.6 is 0 Å². The number of carbonyl (C=O) groups excluding carboxylic acids is 3. The van der Waals surface area contributed by atoms with Crippen molar-refractivity contribution in [1.29, 1.82) is 0 Å². The van der Waals surface area contributed by atoms with Gasteiger partial charge in [0.2, 0.25) is 0 Å². The summed E-state index contributed by atoms with van der Waals surface area (Å²) < 4.78 is 17.0. The van der Waals surface area contributed by atoms with Gasteiger partial charge in [-0.25, -0.2) is 0 Å². The summed E-state index contributed by atoms with van der Waals surface area (Å²) in [5.74, 6) is -3.46. The van der Waals surface area contributed by atoms with E-state index in [1.807, 2.05) is 74.5 Å². The van der Waals surface area contributed by atoms with Crippen LogP contribution in [0.2, 0.25) is 0 Å². The predicted octanol–water partition coefficient (Wildman–Crippen LogP) is 6.04. The quantitative estimate of drug-likeness (QED) is 0.155. The van der Waals surface area contributed by atoms with Crippen LogP contribution in [0.5, 0.6) is 0 Å². The molecule has 0 aliphatic rings. The van der Waals surface area contributed by atoms with Gasteiger partial charge >= 0.3 is 17.9 Å². The van der Waals surface area contributed by atoms with Crippen molar-refractivity contribution < 1.29 is 28.6 Å². The summed E-state index contributed by atoms with van der Waals surface area (Å²) in [6, 6.07) is 18.4. The highest BCUT2D eigenvalue weighted by atomic mass is 16.6. The summed E-state index contributed by atoms with van der Waals surface area (Å²) in [5.41, 5.74) is -1.27. The van der Waals surface area contributed by atoms with Gasteiger partial charge in [-0.1, -0.05) is 80.6 Å². The summed E-state index contributed by atoms with van der Waals surface area (Å²) in [5, 5.41) is 0. The molecule has 0 radical (unpaired) electrons. The first-order valence-corrected chi connectivity index (χ1v) is 12.3. The lowest BCUT2D eigenvalue weighted by Gasteiger charge is -2.37. The molecule has 0 saturated heterocycles. The van der Waals surface area contributed by atoms with Crippen LogP contribution in [0, 0.1) is 17.3 Å². The minimum atomic E-state index is -1.94. The van der Waals surface area contributed by atoms with E-state index in [1.165, 1.54) is 6.08 Å². The number of hydrogen-bond donors (Lipinski definition) is 0. The maximum absolute atomic E-state index is 13.8. The van der Waals surface area contributed by atoms with Gasteiger partial charge in [0.25, 0.3) is 0 Å². The molecule has 36 heavy (non-hydrogen) atoms. The second kappa shape index (κ2) is 13.1. The van der Waals surface area contributed by atoms with Gasteiger partial charge in [0, 0.05) is 0 Å². The molecule has 1 unspecified atom stereocenters. The number of hydrogen-bond acceptors (Lipinski definition) is 6. The number of carbonyl (C=O) groups is 3. The minimum Gasteiger partial charge on any atom is -0.461 e. The molecular weight excluding hydrogens is 456 g/mol. The molecule has 2 aromatic carbocycles. The van der Waals surface area contributed by atoms with Gasteiger partial charge < -0.3 is 14.2 Å². The average Bonchev–Trinajstić information content (AvgIpc) is 2.83. The molecule has 2 aromatic rings. The average molecular weight is 495 g/mol. The van der Waals surface area contributed by atoms with Crippen molar-refractivity contribution >= 4 is 17.9 Å². The Morgan fingerprint density at radius 2 is 1.33 bits per heavy atom. The molecule has 2 atom stereocenters. The second-order valence-corrected chi connectivity index (χ2v) is 10.3. The van der Waals surface area contributed by atoms with E-state index >= 15 is 0 Å². The Balaban J connectivity index is 2.49. The lowest BCUT2D eigenvalue weighted by molar-refractivity contribution is -0.191. The zero-order chi connectivity index (χ0) is 26.8. The fraction of sp³-hybridized carbons (Fsp3) is 0.433. The molecule has 0 aromatic heterocycles. The van der Waals surface area contributed by atoms with E-state index in [0.29, 0.717) is 0 Å². The molecule has 2 rings (SSSR count). The third-order valence-electron chi connectivity index (χ3n) is 5.62. The maximum atomic E-state index is 13.8. The van der Waals surface area contributed by atoms with Gasteiger partial charge in [0.05, 0.1) is 5.92 Å². The summed E-state index contributed by atoms with van der Waals surface area (Å²) in [4.78, 5) is 41.1. The molecule has 6 nitrogen and oxygen atoms in total. The molecule has 0 heterocycles. The zero-order valence-corrected chi connectivity index (χ0v) is 22.0. The number of allylic oxidation sites excluding steroid dienone is 1. The first-order valence-electron chi connectivity index (χ1n) is 12.3. The van der Waals surface area contributed by atoms with Gasteiger partial charge in [-0.2, -0.15) is 0 Å². The van der Waals surface area contributed by atoms with Gasteiger partial charge in [-0.05, 0) is 50.7 Å². The number of rotatable bonds is 12. The summed E-state index contributed by atoms with van der Waals surface area (Å²) in [7, 11) is 0. The first kappa shape index (κ1) is 28.8. The lowest BCUT2D eigenvalue weighted by atomic mass is 9.69. The van der Waals surface area contributed by atoms with Crippen LogP contribution in [0.25, 0.3) is 0 Å². The molecule has 6 heteroatoms. The Kier molecular flexibility index (Phi) is 10.5. The Bertz CT molecular complexity index is 1010. The van der Waals surface area contributed by atoms with Crippen molar-refractivity contribution in [1.82, 2.24) is 0 Å². The molecule has 0 fully saturated rings. The van der Waals surface area contributed by atoms with Crippen LogP contribution in [0.1, 0.15) is 58.6 Å². The largest absolute Gasteiger partial charge is 0.461 e. The van der Waals surface area contributed by atoms with Crippen molar-refractivity contribution in [3.8, 4) is 0 Å². The standard InChI is InChI=1S/C30H38O6/c1-7-18-30(28(33)36-29(4,5)6,27(32)35-21-24-16-12-9-13-17-24)25(19-22(2)3)26(31)34-20-23-14-10-8-11-15-23/h7-17,22,25H,1,18-21H2,2-6H3/t25-,30?/m0/s1. The van der Waals surface area contributed by atoms with Crippen molar-refractivity contribution in [2.24, 2.45) is 17.3 Å². The summed E-state index contributed by atoms with van der Waals surface area (Å²) in [6.07, 6.45) is 1.54. The smallest absolute Gasteiger partial charge is 0.325 e. The Labute approximate surface area is 214 Å². The Morgan fingerprint density at radius 1 is 0.833 bits per heavy atom. The fourth-order valence-electron chi connectivity index (χ4n) is 3.92. The third kappa shape index (κ3) is 8.08. The molecule has 0 bridgehead atoms. The van der Waals surface area contributed by atoms with Gasteiger partial charge in [0.1, 0.15) is 18.8 Å². The van der Waals surface area contributed by atoms with Crippen LogP contribution in [0.15, 0.2) is 73.3 Å². The van der Waals surface area contributed by atoms with E-state index in [-0.39, 0.29) is 32.0 Å². The lowest BCUT2D eigenvalue weighted by Crippen LogP contribution is -2.52. The highest BCUT2D eigenvalue weighted by Gasteiger charge is 2.58. The topological polar surface area (TPSA) is 78.9 Å². The summed E-state index contributed by atoms with van der Waals surface area (Å²) >= 11 is 0. The maximum Gasteiger partial charge on any atom is 0.325 e. The van der Waals surface area contributed by atoms with Crippen LogP contribution in [0.4, 0.5) is 0 Å². The van der Waals surface area contributed by atoms with Crippen LogP contribution in [-0.2, 0) is 41.8 Å². The highest BCUT2D eigenvalue weighted by molar-refractivity contribution is 6.04. The minimum absolute atomic E-state index is 0.0197. The predicted molar refractivity (Wildman–Crippen MR) is 139 cm³/mol. The second-order valence-electron chi connectivity index (χ2n) is 10.3. The fourth-order valence-corrected chi connectivity index (χ4v) is 3.92. The Morgan fingerprint density at radius 3 is 1.78 bits per heavy atom. The Hall–Kier alpha value is -3.41. The molecular formula is C30H38O6. The van der Waals surface area contributed by atoms with Crippen molar-refractivity contribution in [3.63, 3.8) is 0 Å².